The number of aliphatic hydroxyl groups is 1. The van der Waals surface area contributed by atoms with Crippen LogP contribution in [0.5, 0.6) is 0 Å². The number of ketones is 1. The predicted molar refractivity (Wildman–Crippen MR) is 54.6 cm³/mol. The zero-order valence-electron chi connectivity index (χ0n) is 8.88. The summed E-state index contributed by atoms with van der Waals surface area (Å²) >= 11 is 0. The van der Waals surface area contributed by atoms with Gasteiger partial charge in [0.15, 0.2) is 0 Å². The van der Waals surface area contributed by atoms with Gasteiger partial charge in [0, 0.05) is 13.0 Å². The molecule has 0 fully saturated rings. The van der Waals surface area contributed by atoms with Gasteiger partial charge in [-0.25, -0.2) is 0 Å². The van der Waals surface area contributed by atoms with Crippen molar-refractivity contribution in [3.63, 3.8) is 0 Å². The van der Waals surface area contributed by atoms with Crippen molar-refractivity contribution < 1.29 is 9.90 Å². The molecular weight excluding hydrogens is 164 g/mol. The summed E-state index contributed by atoms with van der Waals surface area (Å²) in [6.45, 7) is 4.01. The normalized spacial score (nSPS) is 12.8. The van der Waals surface area contributed by atoms with E-state index in [-0.39, 0.29) is 12.4 Å². The van der Waals surface area contributed by atoms with Gasteiger partial charge in [-0.1, -0.05) is 26.2 Å². The summed E-state index contributed by atoms with van der Waals surface area (Å²) in [7, 11) is 0. The van der Waals surface area contributed by atoms with E-state index in [1.807, 2.05) is 0 Å². The number of hydrogen-bond donors (Lipinski definition) is 1. The van der Waals surface area contributed by atoms with Crippen LogP contribution in [0.3, 0.4) is 0 Å². The molecule has 0 aliphatic rings. The summed E-state index contributed by atoms with van der Waals surface area (Å²) in [4.78, 5) is 10.7. The summed E-state index contributed by atoms with van der Waals surface area (Å²) < 4.78 is 0. The van der Waals surface area contributed by atoms with E-state index < -0.39 is 0 Å². The van der Waals surface area contributed by atoms with Crippen LogP contribution >= 0.6 is 0 Å². The van der Waals surface area contributed by atoms with Crippen LogP contribution in [0.15, 0.2) is 0 Å². The lowest BCUT2D eigenvalue weighted by atomic mass is 9.96. The molecule has 0 rings (SSSR count). The summed E-state index contributed by atoms with van der Waals surface area (Å²) in [5, 5.41) is 9.03. The first kappa shape index (κ1) is 12.6. The van der Waals surface area contributed by atoms with E-state index >= 15 is 0 Å². The number of carbonyl (C=O) groups is 1. The Morgan fingerprint density at radius 2 is 2.00 bits per heavy atom. The first-order valence-electron chi connectivity index (χ1n) is 5.31. The maximum absolute atomic E-state index is 10.7. The minimum atomic E-state index is 0.231. The van der Waals surface area contributed by atoms with Gasteiger partial charge in [0.05, 0.1) is 0 Å². The van der Waals surface area contributed by atoms with Gasteiger partial charge in [-0.3, -0.25) is 0 Å². The van der Waals surface area contributed by atoms with Crippen molar-refractivity contribution in [2.75, 3.05) is 6.61 Å². The van der Waals surface area contributed by atoms with E-state index in [0.29, 0.717) is 12.3 Å². The predicted octanol–water partition coefficient (Wildman–Crippen LogP) is 2.54. The molecule has 0 spiro atoms. The molecule has 78 valence electrons. The summed E-state index contributed by atoms with van der Waals surface area (Å²) in [5.41, 5.74) is 0. The standard InChI is InChI=1S/C11H22O2/c1-3-4-5-6-11(9-12)8-7-10(2)13/h11-12H,3-9H2,1-2H3. The summed E-state index contributed by atoms with van der Waals surface area (Å²) in [6.07, 6.45) is 6.17. The molecule has 0 bridgehead atoms. The van der Waals surface area contributed by atoms with E-state index in [0.717, 1.165) is 12.8 Å². The Labute approximate surface area is 81.3 Å². The van der Waals surface area contributed by atoms with Crippen molar-refractivity contribution in [2.45, 2.75) is 52.4 Å². The second-order valence-electron chi connectivity index (χ2n) is 3.79. The molecule has 2 nitrogen and oxygen atoms in total. The fraction of sp³-hybridized carbons (Fsp3) is 0.909. The minimum Gasteiger partial charge on any atom is -0.396 e. The highest BCUT2D eigenvalue weighted by Crippen LogP contribution is 2.15. The lowest BCUT2D eigenvalue weighted by Crippen LogP contribution is -2.07. The van der Waals surface area contributed by atoms with Crippen molar-refractivity contribution in [3.05, 3.63) is 0 Å². The first-order valence-corrected chi connectivity index (χ1v) is 5.31. The number of aliphatic hydroxyl groups excluding tert-OH is 1. The van der Waals surface area contributed by atoms with Crippen LogP contribution in [0.2, 0.25) is 0 Å². The van der Waals surface area contributed by atoms with Crippen LogP contribution in [0.1, 0.15) is 52.4 Å². The number of rotatable bonds is 8. The van der Waals surface area contributed by atoms with E-state index in [1.165, 1.54) is 19.3 Å². The van der Waals surface area contributed by atoms with Crippen LogP contribution < -0.4 is 0 Å². The van der Waals surface area contributed by atoms with Crippen molar-refractivity contribution in [1.29, 1.82) is 0 Å². The fourth-order valence-electron chi connectivity index (χ4n) is 1.42. The minimum absolute atomic E-state index is 0.231. The van der Waals surface area contributed by atoms with E-state index in [1.54, 1.807) is 6.92 Å². The fourth-order valence-corrected chi connectivity index (χ4v) is 1.42. The van der Waals surface area contributed by atoms with Gasteiger partial charge >= 0.3 is 0 Å². The largest absolute Gasteiger partial charge is 0.396 e. The number of unbranched alkanes of at least 4 members (excludes halogenated alkanes) is 2. The van der Waals surface area contributed by atoms with Crippen molar-refractivity contribution in [1.82, 2.24) is 0 Å². The van der Waals surface area contributed by atoms with Crippen LogP contribution in [0, 0.1) is 5.92 Å². The lowest BCUT2D eigenvalue weighted by Gasteiger charge is -2.12. The van der Waals surface area contributed by atoms with Crippen LogP contribution in [0.4, 0.5) is 0 Å². The molecule has 13 heavy (non-hydrogen) atoms. The second kappa shape index (κ2) is 8.24. The average molecular weight is 186 g/mol. The Bertz CT molecular complexity index is 132. The Hall–Kier alpha value is -0.370. The van der Waals surface area contributed by atoms with E-state index in [9.17, 15) is 4.79 Å². The zero-order valence-corrected chi connectivity index (χ0v) is 8.88. The Kier molecular flexibility index (Phi) is 8.00. The second-order valence-corrected chi connectivity index (χ2v) is 3.79. The molecule has 0 radical (unpaired) electrons. The lowest BCUT2D eigenvalue weighted by molar-refractivity contribution is -0.117. The van der Waals surface area contributed by atoms with Gasteiger partial charge < -0.3 is 9.90 Å². The highest BCUT2D eigenvalue weighted by molar-refractivity contribution is 5.75. The molecule has 1 atom stereocenters. The first-order chi connectivity index (χ1) is 6.20. The van der Waals surface area contributed by atoms with E-state index in [4.69, 9.17) is 5.11 Å². The smallest absolute Gasteiger partial charge is 0.129 e. The third-order valence-electron chi connectivity index (χ3n) is 2.38. The molecule has 0 aliphatic heterocycles. The van der Waals surface area contributed by atoms with Gasteiger partial charge in [-0.2, -0.15) is 0 Å². The van der Waals surface area contributed by atoms with Crippen molar-refractivity contribution in [2.24, 2.45) is 5.92 Å². The van der Waals surface area contributed by atoms with Gasteiger partial charge in [0.25, 0.3) is 0 Å². The summed E-state index contributed by atoms with van der Waals surface area (Å²) in [5.74, 6) is 0.574. The zero-order chi connectivity index (χ0) is 10.1. The molecule has 1 N–H and O–H groups in total. The van der Waals surface area contributed by atoms with Gasteiger partial charge in [0.2, 0.25) is 0 Å². The molecule has 0 aromatic heterocycles. The van der Waals surface area contributed by atoms with E-state index in [2.05, 4.69) is 6.92 Å². The molecule has 0 saturated heterocycles. The molecule has 0 aliphatic carbocycles. The van der Waals surface area contributed by atoms with Crippen LogP contribution in [-0.4, -0.2) is 17.5 Å². The molecule has 1 unspecified atom stereocenters. The molecule has 0 saturated carbocycles. The quantitative estimate of drug-likeness (QED) is 0.591. The summed E-state index contributed by atoms with van der Waals surface area (Å²) in [6, 6.07) is 0. The van der Waals surface area contributed by atoms with Gasteiger partial charge in [-0.15, -0.1) is 0 Å². The Morgan fingerprint density at radius 3 is 2.46 bits per heavy atom. The Morgan fingerprint density at radius 1 is 1.31 bits per heavy atom. The highest BCUT2D eigenvalue weighted by Gasteiger charge is 2.07. The van der Waals surface area contributed by atoms with Crippen LogP contribution in [0.25, 0.3) is 0 Å². The Balaban J connectivity index is 3.45. The molecule has 0 amide bonds. The molecular formula is C11H22O2. The number of carbonyl (C=O) groups excluding carboxylic acids is 1. The average Bonchev–Trinajstić information content (AvgIpc) is 2.10. The van der Waals surface area contributed by atoms with Gasteiger partial charge in [-0.05, 0) is 25.7 Å². The maximum atomic E-state index is 10.7. The third kappa shape index (κ3) is 7.97. The van der Waals surface area contributed by atoms with Crippen molar-refractivity contribution in [3.8, 4) is 0 Å². The molecule has 0 heterocycles. The molecule has 0 aromatic carbocycles. The third-order valence-corrected chi connectivity index (χ3v) is 2.38. The number of hydrogen-bond acceptors (Lipinski definition) is 2. The van der Waals surface area contributed by atoms with Crippen molar-refractivity contribution >= 4 is 5.78 Å². The topological polar surface area (TPSA) is 37.3 Å². The number of Topliss-reactive ketones (excluding diaryl/α,β-unsaturated/α-hetero) is 1. The monoisotopic (exact) mass is 186 g/mol. The van der Waals surface area contributed by atoms with Crippen LogP contribution in [-0.2, 0) is 4.79 Å². The molecule has 0 aromatic rings. The van der Waals surface area contributed by atoms with Gasteiger partial charge in [0.1, 0.15) is 5.78 Å². The molecule has 2 heteroatoms. The highest BCUT2D eigenvalue weighted by atomic mass is 16.3. The SMILES string of the molecule is CCCCCC(CO)CCC(C)=O. The maximum Gasteiger partial charge on any atom is 0.129 e.